The first-order valence-electron chi connectivity index (χ1n) is 8.66. The minimum atomic E-state index is -0.0544. The van der Waals surface area contributed by atoms with Gasteiger partial charge in [-0.2, -0.15) is 11.3 Å². The van der Waals surface area contributed by atoms with Gasteiger partial charge in [0.25, 0.3) is 0 Å². The van der Waals surface area contributed by atoms with Gasteiger partial charge in [0.05, 0.1) is 6.10 Å². The molecule has 2 amide bonds. The predicted octanol–water partition coefficient (Wildman–Crippen LogP) is 2.44. The number of hydrogen-bond donors (Lipinski definition) is 2. The molecule has 0 bridgehead atoms. The highest BCUT2D eigenvalue weighted by Gasteiger charge is 2.20. The Morgan fingerprint density at radius 2 is 2.09 bits per heavy atom. The highest BCUT2D eigenvalue weighted by molar-refractivity contribution is 7.07. The number of likely N-dealkylation sites (tertiary alicyclic amines) is 1. The highest BCUT2D eigenvalue weighted by Crippen LogP contribution is 2.19. The third-order valence-corrected chi connectivity index (χ3v) is 5.49. The van der Waals surface area contributed by atoms with Gasteiger partial charge in [-0.3, -0.25) is 4.90 Å². The van der Waals surface area contributed by atoms with Crippen molar-refractivity contribution < 1.29 is 9.53 Å². The van der Waals surface area contributed by atoms with Crippen molar-refractivity contribution in [3.05, 3.63) is 22.4 Å². The zero-order chi connectivity index (χ0) is 15.9. The number of carbonyl (C=O) groups is 1. The number of amides is 2. The Morgan fingerprint density at radius 1 is 1.26 bits per heavy atom. The van der Waals surface area contributed by atoms with Crippen molar-refractivity contribution in [3.63, 3.8) is 0 Å². The number of carbonyl (C=O) groups excluding carboxylic acids is 1. The molecule has 6 heteroatoms. The number of piperidine rings is 1. The van der Waals surface area contributed by atoms with Crippen molar-refractivity contribution in [3.8, 4) is 0 Å². The van der Waals surface area contributed by atoms with Gasteiger partial charge in [0.1, 0.15) is 0 Å². The van der Waals surface area contributed by atoms with Gasteiger partial charge in [-0.05, 0) is 67.1 Å². The molecule has 2 aliphatic rings. The Balaban J connectivity index is 1.27. The van der Waals surface area contributed by atoms with Crippen molar-refractivity contribution in [2.75, 3.05) is 32.8 Å². The molecule has 0 spiro atoms. The predicted molar refractivity (Wildman–Crippen MR) is 92.7 cm³/mol. The van der Waals surface area contributed by atoms with Crippen LogP contribution in [0, 0.1) is 5.92 Å². The molecule has 0 aliphatic carbocycles. The summed E-state index contributed by atoms with van der Waals surface area (Å²) in [6.07, 6.45) is 4.70. The van der Waals surface area contributed by atoms with E-state index in [4.69, 9.17) is 4.74 Å². The van der Waals surface area contributed by atoms with E-state index in [0.29, 0.717) is 12.5 Å². The molecule has 1 atom stereocenters. The Labute approximate surface area is 142 Å². The summed E-state index contributed by atoms with van der Waals surface area (Å²) in [4.78, 5) is 14.3. The maximum atomic E-state index is 11.8. The number of hydrogen-bond acceptors (Lipinski definition) is 4. The van der Waals surface area contributed by atoms with Crippen LogP contribution in [0.1, 0.15) is 31.2 Å². The third kappa shape index (κ3) is 5.48. The van der Waals surface area contributed by atoms with Crippen LogP contribution in [0.2, 0.25) is 0 Å². The van der Waals surface area contributed by atoms with Crippen LogP contribution in [-0.4, -0.2) is 49.8 Å². The summed E-state index contributed by atoms with van der Waals surface area (Å²) in [5.74, 6) is 0.599. The van der Waals surface area contributed by atoms with E-state index in [0.717, 1.165) is 58.5 Å². The Morgan fingerprint density at radius 3 is 2.78 bits per heavy atom. The van der Waals surface area contributed by atoms with Crippen LogP contribution < -0.4 is 10.6 Å². The first kappa shape index (κ1) is 16.7. The zero-order valence-electron chi connectivity index (χ0n) is 13.6. The molecule has 3 heterocycles. The van der Waals surface area contributed by atoms with Gasteiger partial charge in [-0.15, -0.1) is 0 Å². The van der Waals surface area contributed by atoms with Gasteiger partial charge in [0, 0.05) is 26.2 Å². The standard InChI is InChI=1S/C17H27N3O2S/c21-17(19-11-16-2-1-8-22-16)18-10-14-3-6-20(7-4-14)12-15-5-9-23-13-15/h5,9,13-14,16H,1-4,6-8,10-12H2,(H2,18,19,21)/t16-/m0/s1. The molecule has 0 radical (unpaired) electrons. The zero-order valence-corrected chi connectivity index (χ0v) is 14.4. The number of urea groups is 1. The third-order valence-electron chi connectivity index (χ3n) is 4.76. The number of ether oxygens (including phenoxy) is 1. The largest absolute Gasteiger partial charge is 0.376 e. The fraction of sp³-hybridized carbons (Fsp3) is 0.706. The Kier molecular flexibility index (Phi) is 6.30. The summed E-state index contributed by atoms with van der Waals surface area (Å²) < 4.78 is 5.51. The number of thiophene rings is 1. The molecule has 23 heavy (non-hydrogen) atoms. The minimum absolute atomic E-state index is 0.0544. The number of nitrogens with zero attached hydrogens (tertiary/aromatic N) is 1. The minimum Gasteiger partial charge on any atom is -0.376 e. The van der Waals surface area contributed by atoms with E-state index < -0.39 is 0 Å². The fourth-order valence-electron chi connectivity index (χ4n) is 3.30. The molecule has 1 aromatic rings. The second kappa shape index (κ2) is 8.66. The van der Waals surface area contributed by atoms with Crippen molar-refractivity contribution >= 4 is 17.4 Å². The molecule has 5 nitrogen and oxygen atoms in total. The fourth-order valence-corrected chi connectivity index (χ4v) is 3.96. The van der Waals surface area contributed by atoms with Gasteiger partial charge >= 0.3 is 6.03 Å². The van der Waals surface area contributed by atoms with Gasteiger partial charge in [0.2, 0.25) is 0 Å². The van der Waals surface area contributed by atoms with E-state index >= 15 is 0 Å². The molecular weight excluding hydrogens is 310 g/mol. The molecule has 3 rings (SSSR count). The lowest BCUT2D eigenvalue weighted by molar-refractivity contribution is 0.111. The normalized spacial score (nSPS) is 23.0. The molecule has 2 fully saturated rings. The summed E-state index contributed by atoms with van der Waals surface area (Å²) in [5, 5.41) is 10.3. The summed E-state index contributed by atoms with van der Waals surface area (Å²) in [7, 11) is 0. The molecule has 0 saturated carbocycles. The van der Waals surface area contributed by atoms with E-state index in [1.807, 2.05) is 0 Å². The monoisotopic (exact) mass is 337 g/mol. The lowest BCUT2D eigenvalue weighted by atomic mass is 9.96. The molecule has 2 saturated heterocycles. The molecule has 2 N–H and O–H groups in total. The summed E-state index contributed by atoms with van der Waals surface area (Å²) in [6.45, 7) is 5.55. The first-order chi connectivity index (χ1) is 11.3. The Hall–Kier alpha value is -1.11. The van der Waals surface area contributed by atoms with Gasteiger partial charge < -0.3 is 15.4 Å². The first-order valence-corrected chi connectivity index (χ1v) is 9.60. The van der Waals surface area contributed by atoms with Crippen LogP contribution in [0.5, 0.6) is 0 Å². The van der Waals surface area contributed by atoms with Crippen molar-refractivity contribution in [2.45, 2.75) is 38.3 Å². The quantitative estimate of drug-likeness (QED) is 0.838. The smallest absolute Gasteiger partial charge is 0.314 e. The number of nitrogens with one attached hydrogen (secondary N) is 2. The average molecular weight is 337 g/mol. The average Bonchev–Trinajstić information content (AvgIpc) is 3.26. The topological polar surface area (TPSA) is 53.6 Å². The van der Waals surface area contributed by atoms with Crippen LogP contribution in [0.3, 0.4) is 0 Å². The van der Waals surface area contributed by atoms with Crippen LogP contribution in [0.15, 0.2) is 16.8 Å². The SMILES string of the molecule is O=C(NCC1CCN(Cc2ccsc2)CC1)NC[C@@H]1CCCO1. The maximum Gasteiger partial charge on any atom is 0.314 e. The van der Waals surface area contributed by atoms with Crippen molar-refractivity contribution in [2.24, 2.45) is 5.92 Å². The second-order valence-electron chi connectivity index (χ2n) is 6.58. The van der Waals surface area contributed by atoms with E-state index in [9.17, 15) is 4.79 Å². The van der Waals surface area contributed by atoms with Crippen LogP contribution in [0.4, 0.5) is 4.79 Å². The van der Waals surface area contributed by atoms with Crippen molar-refractivity contribution in [1.82, 2.24) is 15.5 Å². The molecule has 2 aliphatic heterocycles. The maximum absolute atomic E-state index is 11.8. The summed E-state index contributed by atoms with van der Waals surface area (Å²) in [5.41, 5.74) is 1.42. The van der Waals surface area contributed by atoms with Gasteiger partial charge in [-0.25, -0.2) is 4.79 Å². The van der Waals surface area contributed by atoms with E-state index in [1.165, 1.54) is 5.56 Å². The molecular formula is C17H27N3O2S. The summed E-state index contributed by atoms with van der Waals surface area (Å²) >= 11 is 1.76. The van der Waals surface area contributed by atoms with Crippen molar-refractivity contribution in [1.29, 1.82) is 0 Å². The summed E-state index contributed by atoms with van der Waals surface area (Å²) in [6, 6.07) is 2.15. The molecule has 0 aromatic carbocycles. The second-order valence-corrected chi connectivity index (χ2v) is 7.36. The molecule has 0 unspecified atom stereocenters. The van der Waals surface area contributed by atoms with E-state index in [-0.39, 0.29) is 12.1 Å². The molecule has 1 aromatic heterocycles. The van der Waals surface area contributed by atoms with E-state index in [2.05, 4.69) is 32.4 Å². The molecule has 128 valence electrons. The van der Waals surface area contributed by atoms with E-state index in [1.54, 1.807) is 11.3 Å². The number of rotatable bonds is 6. The highest BCUT2D eigenvalue weighted by atomic mass is 32.1. The van der Waals surface area contributed by atoms with Crippen LogP contribution >= 0.6 is 11.3 Å². The van der Waals surface area contributed by atoms with Crippen LogP contribution in [0.25, 0.3) is 0 Å². The van der Waals surface area contributed by atoms with Gasteiger partial charge in [-0.1, -0.05) is 0 Å². The lowest BCUT2D eigenvalue weighted by Crippen LogP contribution is -2.43. The van der Waals surface area contributed by atoms with Gasteiger partial charge in [0.15, 0.2) is 0 Å². The Bertz CT molecular complexity index is 466. The lowest BCUT2D eigenvalue weighted by Gasteiger charge is -2.31. The van der Waals surface area contributed by atoms with Crippen LogP contribution in [-0.2, 0) is 11.3 Å².